The zero-order valence-corrected chi connectivity index (χ0v) is 11.5. The van der Waals surface area contributed by atoms with Crippen LogP contribution in [-0.4, -0.2) is 10.7 Å². The van der Waals surface area contributed by atoms with Crippen molar-refractivity contribution in [3.8, 4) is 0 Å². The third kappa shape index (κ3) is 3.80. The second-order valence-electron chi connectivity index (χ2n) is 5.31. The molecule has 1 atom stereocenters. The van der Waals surface area contributed by atoms with E-state index in [-0.39, 0.29) is 5.92 Å². The summed E-state index contributed by atoms with van der Waals surface area (Å²) < 4.78 is 0. The highest BCUT2D eigenvalue weighted by Gasteiger charge is 2.25. The molecule has 2 rings (SSSR count). The van der Waals surface area contributed by atoms with Crippen LogP contribution in [-0.2, 0) is 0 Å². The molecule has 0 bridgehead atoms. The van der Waals surface area contributed by atoms with Crippen molar-refractivity contribution in [1.82, 2.24) is 0 Å². The van der Waals surface area contributed by atoms with Crippen LogP contribution in [0, 0.1) is 0 Å². The van der Waals surface area contributed by atoms with Crippen molar-refractivity contribution < 1.29 is 5.11 Å². The fourth-order valence-corrected chi connectivity index (χ4v) is 2.19. The Hall–Kier alpha value is -1.86. The topological polar surface area (TPSA) is 20.2 Å². The predicted molar refractivity (Wildman–Crippen MR) is 81.0 cm³/mol. The summed E-state index contributed by atoms with van der Waals surface area (Å²) in [6.07, 6.45) is 4.14. The maximum Gasteiger partial charge on any atom is 0.0694 e. The van der Waals surface area contributed by atoms with E-state index in [9.17, 15) is 5.11 Å². The van der Waals surface area contributed by atoms with E-state index in [4.69, 9.17) is 0 Å². The van der Waals surface area contributed by atoms with Gasteiger partial charge < -0.3 is 5.11 Å². The average molecular weight is 252 g/mol. The first-order valence-corrected chi connectivity index (χ1v) is 6.58. The second-order valence-corrected chi connectivity index (χ2v) is 5.31. The minimum absolute atomic E-state index is 0.0195. The summed E-state index contributed by atoms with van der Waals surface area (Å²) in [6, 6.07) is 20.3. The molecule has 0 heterocycles. The van der Waals surface area contributed by atoms with Crippen LogP contribution in [0.5, 0.6) is 0 Å². The van der Waals surface area contributed by atoms with Gasteiger partial charge in [-0.15, -0.1) is 0 Å². The molecule has 0 aliphatic heterocycles. The summed E-state index contributed by atoms with van der Waals surface area (Å²) >= 11 is 0. The third-order valence-corrected chi connectivity index (χ3v) is 3.20. The molecular weight excluding hydrogens is 232 g/mol. The summed E-state index contributed by atoms with van der Waals surface area (Å²) in [5.41, 5.74) is 1.49. The highest BCUT2D eigenvalue weighted by atomic mass is 16.3. The Morgan fingerprint density at radius 1 is 0.895 bits per heavy atom. The van der Waals surface area contributed by atoms with Crippen LogP contribution in [0.3, 0.4) is 0 Å². The van der Waals surface area contributed by atoms with E-state index < -0.39 is 5.60 Å². The summed E-state index contributed by atoms with van der Waals surface area (Å²) in [7, 11) is 0. The van der Waals surface area contributed by atoms with E-state index in [2.05, 4.69) is 36.4 Å². The fraction of sp³-hybridized carbons (Fsp3) is 0.222. The predicted octanol–water partition coefficient (Wildman–Crippen LogP) is 4.25. The minimum atomic E-state index is -0.785. The lowest BCUT2D eigenvalue weighted by Crippen LogP contribution is -2.27. The molecule has 0 spiro atoms. The smallest absolute Gasteiger partial charge is 0.0694 e. The number of aliphatic hydroxyl groups is 1. The molecule has 0 fully saturated rings. The van der Waals surface area contributed by atoms with Crippen molar-refractivity contribution in [2.24, 2.45) is 0 Å². The molecule has 2 aromatic carbocycles. The number of benzene rings is 2. The first-order chi connectivity index (χ1) is 9.07. The maximum atomic E-state index is 10.4. The van der Waals surface area contributed by atoms with Crippen LogP contribution in [0.1, 0.15) is 30.9 Å². The lowest BCUT2D eigenvalue weighted by Gasteiger charge is -2.27. The highest BCUT2D eigenvalue weighted by Crippen LogP contribution is 2.29. The Kier molecular flexibility index (Phi) is 4.18. The van der Waals surface area contributed by atoms with Gasteiger partial charge in [0.2, 0.25) is 0 Å². The molecule has 19 heavy (non-hydrogen) atoms. The van der Waals surface area contributed by atoms with E-state index in [1.165, 1.54) is 0 Å². The maximum absolute atomic E-state index is 10.4. The zero-order chi connectivity index (χ0) is 13.7. The molecule has 0 unspecified atom stereocenters. The van der Waals surface area contributed by atoms with E-state index in [0.717, 1.165) is 11.1 Å². The van der Waals surface area contributed by atoms with Crippen LogP contribution >= 0.6 is 0 Å². The first kappa shape index (κ1) is 13.6. The van der Waals surface area contributed by atoms with Crippen LogP contribution in [0.15, 0.2) is 66.7 Å². The van der Waals surface area contributed by atoms with Crippen molar-refractivity contribution in [1.29, 1.82) is 0 Å². The summed E-state index contributed by atoms with van der Waals surface area (Å²) in [5, 5.41) is 10.4. The van der Waals surface area contributed by atoms with Crippen LogP contribution in [0.4, 0.5) is 0 Å². The quantitative estimate of drug-likeness (QED) is 0.862. The Bertz CT molecular complexity index is 521. The average Bonchev–Trinajstić information content (AvgIpc) is 2.40. The lowest BCUT2D eigenvalue weighted by molar-refractivity contribution is 0.0653. The summed E-state index contributed by atoms with van der Waals surface area (Å²) in [5.74, 6) is -0.0195. The fourth-order valence-electron chi connectivity index (χ4n) is 2.19. The molecular formula is C18H20O. The van der Waals surface area contributed by atoms with Crippen LogP contribution in [0.2, 0.25) is 0 Å². The van der Waals surface area contributed by atoms with Gasteiger partial charge in [-0.05, 0) is 25.0 Å². The Balaban J connectivity index is 2.28. The summed E-state index contributed by atoms with van der Waals surface area (Å²) in [6.45, 7) is 3.69. The van der Waals surface area contributed by atoms with Gasteiger partial charge in [0, 0.05) is 5.92 Å². The van der Waals surface area contributed by atoms with Gasteiger partial charge in [0.1, 0.15) is 0 Å². The molecule has 2 aromatic rings. The van der Waals surface area contributed by atoms with E-state index in [1.807, 2.05) is 50.2 Å². The minimum Gasteiger partial charge on any atom is -0.390 e. The molecule has 1 nitrogen and oxygen atoms in total. The second kappa shape index (κ2) is 5.85. The van der Waals surface area contributed by atoms with Gasteiger partial charge in [-0.3, -0.25) is 0 Å². The van der Waals surface area contributed by atoms with E-state index in [0.29, 0.717) is 0 Å². The van der Waals surface area contributed by atoms with E-state index in [1.54, 1.807) is 0 Å². The Morgan fingerprint density at radius 3 is 1.95 bits per heavy atom. The first-order valence-electron chi connectivity index (χ1n) is 6.58. The Labute approximate surface area is 115 Å². The van der Waals surface area contributed by atoms with Crippen molar-refractivity contribution in [3.05, 3.63) is 77.9 Å². The Morgan fingerprint density at radius 2 is 1.42 bits per heavy atom. The molecule has 0 aromatic heterocycles. The van der Waals surface area contributed by atoms with Crippen molar-refractivity contribution in [2.75, 3.05) is 0 Å². The van der Waals surface area contributed by atoms with Gasteiger partial charge >= 0.3 is 0 Å². The normalized spacial score (nSPS) is 13.6. The molecule has 0 saturated carbocycles. The van der Waals surface area contributed by atoms with Crippen LogP contribution in [0.25, 0.3) is 6.08 Å². The number of hydrogen-bond donors (Lipinski definition) is 1. The molecule has 1 heteroatoms. The molecule has 0 amide bonds. The molecule has 0 aliphatic carbocycles. The monoisotopic (exact) mass is 252 g/mol. The SMILES string of the molecule is CC(C)(O)[C@@H](/C=C/c1ccccc1)c1ccccc1. The standard InChI is InChI=1S/C18H20O/c1-18(2,19)17(16-11-7-4-8-12-16)14-13-15-9-5-3-6-10-15/h3-14,17,19H,1-2H3/b14-13+/t17-/m0/s1. The van der Waals surface area contributed by atoms with Crippen molar-refractivity contribution in [3.63, 3.8) is 0 Å². The molecule has 0 saturated heterocycles. The number of hydrogen-bond acceptors (Lipinski definition) is 1. The van der Waals surface area contributed by atoms with Gasteiger partial charge in [-0.2, -0.15) is 0 Å². The summed E-state index contributed by atoms with van der Waals surface area (Å²) in [4.78, 5) is 0. The van der Waals surface area contributed by atoms with Crippen LogP contribution < -0.4 is 0 Å². The van der Waals surface area contributed by atoms with Gasteiger partial charge in [-0.25, -0.2) is 0 Å². The van der Waals surface area contributed by atoms with Crippen molar-refractivity contribution >= 4 is 6.08 Å². The zero-order valence-electron chi connectivity index (χ0n) is 11.5. The van der Waals surface area contributed by atoms with Crippen molar-refractivity contribution in [2.45, 2.75) is 25.4 Å². The molecule has 98 valence electrons. The van der Waals surface area contributed by atoms with Gasteiger partial charge in [0.25, 0.3) is 0 Å². The molecule has 0 aliphatic rings. The van der Waals surface area contributed by atoms with Gasteiger partial charge in [-0.1, -0.05) is 72.8 Å². The molecule has 0 radical (unpaired) electrons. The van der Waals surface area contributed by atoms with Gasteiger partial charge in [0.05, 0.1) is 5.60 Å². The third-order valence-electron chi connectivity index (χ3n) is 3.20. The molecule has 1 N–H and O–H groups in total. The largest absolute Gasteiger partial charge is 0.390 e. The lowest BCUT2D eigenvalue weighted by atomic mass is 9.84. The van der Waals surface area contributed by atoms with E-state index >= 15 is 0 Å². The van der Waals surface area contributed by atoms with Gasteiger partial charge in [0.15, 0.2) is 0 Å². The number of rotatable bonds is 4. The highest BCUT2D eigenvalue weighted by molar-refractivity contribution is 5.51.